The van der Waals surface area contributed by atoms with Crippen molar-refractivity contribution in [2.75, 3.05) is 22.0 Å². The molecule has 0 fully saturated rings. The monoisotopic (exact) mass is 477 g/mol. The van der Waals surface area contributed by atoms with Gasteiger partial charge in [-0.3, -0.25) is 4.72 Å². The van der Waals surface area contributed by atoms with Gasteiger partial charge in [0.2, 0.25) is 0 Å². The van der Waals surface area contributed by atoms with Crippen LogP contribution in [-0.2, 0) is 10.0 Å². The summed E-state index contributed by atoms with van der Waals surface area (Å²) >= 11 is 5.18. The summed E-state index contributed by atoms with van der Waals surface area (Å²) in [4.78, 5) is -0.0462. The Balaban J connectivity index is 1.82. The fourth-order valence-electron chi connectivity index (χ4n) is 2.82. The molecule has 3 N–H and O–H groups in total. The standard InChI is InChI=1S/C22H21F2N3O3S2/c1-3-30-17-8-6-16(7-9-17)27-32(28,29)21-12-14(2)4-10-20(21)26-22(31)25-19-11-5-15(23)13-18(19)24/h4-13,27H,3H2,1-2H3,(H2,25,26,31). The molecule has 168 valence electrons. The zero-order valence-corrected chi connectivity index (χ0v) is 18.9. The molecule has 10 heteroatoms. The van der Waals surface area contributed by atoms with Gasteiger partial charge in [0.1, 0.15) is 22.3 Å². The van der Waals surface area contributed by atoms with Crippen molar-refractivity contribution in [3.05, 3.63) is 77.9 Å². The van der Waals surface area contributed by atoms with Crippen molar-refractivity contribution in [3.63, 3.8) is 0 Å². The molecule has 3 aromatic carbocycles. The van der Waals surface area contributed by atoms with Crippen molar-refractivity contribution < 1.29 is 21.9 Å². The number of anilines is 3. The van der Waals surface area contributed by atoms with Crippen LogP contribution in [0.5, 0.6) is 5.75 Å². The number of aryl methyl sites for hydroxylation is 1. The molecule has 0 bridgehead atoms. The molecule has 0 aromatic heterocycles. The van der Waals surface area contributed by atoms with Crippen LogP contribution in [0.15, 0.2) is 65.6 Å². The number of halogens is 2. The third-order valence-corrected chi connectivity index (χ3v) is 5.90. The van der Waals surface area contributed by atoms with Crippen LogP contribution in [0.3, 0.4) is 0 Å². The smallest absolute Gasteiger partial charge is 0.263 e. The fraction of sp³-hybridized carbons (Fsp3) is 0.136. The lowest BCUT2D eigenvalue weighted by molar-refractivity contribution is 0.340. The average molecular weight is 478 g/mol. The summed E-state index contributed by atoms with van der Waals surface area (Å²) in [6.45, 7) is 4.11. The molecule has 0 aliphatic carbocycles. The maximum absolute atomic E-state index is 13.9. The second-order valence-corrected chi connectivity index (χ2v) is 8.82. The lowest BCUT2D eigenvalue weighted by atomic mass is 10.2. The first-order valence-electron chi connectivity index (χ1n) is 9.57. The number of nitrogens with one attached hydrogen (secondary N) is 3. The molecule has 32 heavy (non-hydrogen) atoms. The van der Waals surface area contributed by atoms with Gasteiger partial charge in [-0.25, -0.2) is 17.2 Å². The third kappa shape index (κ3) is 5.92. The van der Waals surface area contributed by atoms with Crippen LogP contribution in [-0.4, -0.2) is 20.1 Å². The Labute approximate surface area is 190 Å². The van der Waals surface area contributed by atoms with E-state index in [2.05, 4.69) is 15.4 Å². The van der Waals surface area contributed by atoms with E-state index in [1.54, 1.807) is 43.3 Å². The highest BCUT2D eigenvalue weighted by Gasteiger charge is 2.20. The van der Waals surface area contributed by atoms with Gasteiger partial charge in [-0.15, -0.1) is 0 Å². The molecule has 3 rings (SSSR count). The number of ether oxygens (including phenoxy) is 1. The van der Waals surface area contributed by atoms with Crippen LogP contribution in [0.25, 0.3) is 0 Å². The minimum absolute atomic E-state index is 0.0462. The van der Waals surface area contributed by atoms with Crippen molar-refractivity contribution in [1.29, 1.82) is 0 Å². The minimum atomic E-state index is -3.99. The second kappa shape index (κ2) is 9.92. The van der Waals surface area contributed by atoms with E-state index in [0.717, 1.165) is 6.07 Å². The summed E-state index contributed by atoms with van der Waals surface area (Å²) in [6.07, 6.45) is 0. The van der Waals surface area contributed by atoms with Gasteiger partial charge >= 0.3 is 0 Å². The first-order chi connectivity index (χ1) is 15.2. The Morgan fingerprint density at radius 1 is 0.969 bits per heavy atom. The van der Waals surface area contributed by atoms with E-state index in [1.807, 2.05) is 6.92 Å². The van der Waals surface area contributed by atoms with Crippen molar-refractivity contribution in [3.8, 4) is 5.75 Å². The van der Waals surface area contributed by atoms with E-state index in [1.165, 1.54) is 12.1 Å². The van der Waals surface area contributed by atoms with Gasteiger partial charge in [0.05, 0.1) is 18.0 Å². The maximum atomic E-state index is 13.9. The molecule has 3 aromatic rings. The molecule has 0 aliphatic rings. The number of thiocarbonyl (C=S) groups is 1. The summed E-state index contributed by atoms with van der Waals surface area (Å²) in [5, 5.41) is 5.30. The SMILES string of the molecule is CCOc1ccc(NS(=O)(=O)c2cc(C)ccc2NC(=S)Nc2ccc(F)cc2F)cc1. The summed E-state index contributed by atoms with van der Waals surface area (Å²) in [5.74, 6) is -0.930. The highest BCUT2D eigenvalue weighted by molar-refractivity contribution is 7.93. The Kier molecular flexibility index (Phi) is 7.26. The second-order valence-electron chi connectivity index (χ2n) is 6.77. The Morgan fingerprint density at radius 3 is 2.28 bits per heavy atom. The molecule has 0 spiro atoms. The largest absolute Gasteiger partial charge is 0.494 e. The topological polar surface area (TPSA) is 79.5 Å². The molecule has 0 radical (unpaired) electrons. The van der Waals surface area contributed by atoms with Gasteiger partial charge in [0.15, 0.2) is 5.11 Å². The van der Waals surface area contributed by atoms with Crippen LogP contribution >= 0.6 is 12.2 Å². The Hall–Kier alpha value is -3.24. The lowest BCUT2D eigenvalue weighted by Crippen LogP contribution is -2.22. The number of hydrogen-bond acceptors (Lipinski definition) is 4. The molecule has 0 aliphatic heterocycles. The summed E-state index contributed by atoms with van der Waals surface area (Å²) in [6, 6.07) is 14.2. The predicted molar refractivity (Wildman–Crippen MR) is 126 cm³/mol. The van der Waals surface area contributed by atoms with Crippen molar-refractivity contribution in [2.45, 2.75) is 18.7 Å². The summed E-state index contributed by atoms with van der Waals surface area (Å²) in [7, 11) is -3.99. The number of sulfonamides is 1. The van der Waals surface area contributed by atoms with Crippen molar-refractivity contribution in [2.24, 2.45) is 0 Å². The minimum Gasteiger partial charge on any atom is -0.494 e. The van der Waals surface area contributed by atoms with Gasteiger partial charge in [-0.05, 0) is 80.2 Å². The maximum Gasteiger partial charge on any atom is 0.263 e. The first kappa shape index (κ1) is 23.4. The van der Waals surface area contributed by atoms with Crippen LogP contribution in [0.2, 0.25) is 0 Å². The van der Waals surface area contributed by atoms with E-state index < -0.39 is 21.7 Å². The Morgan fingerprint density at radius 2 is 1.62 bits per heavy atom. The number of benzene rings is 3. The van der Waals surface area contributed by atoms with Gasteiger partial charge in [-0.1, -0.05) is 6.07 Å². The van der Waals surface area contributed by atoms with E-state index in [-0.39, 0.29) is 21.4 Å². The molecule has 0 atom stereocenters. The van der Waals surface area contributed by atoms with Crippen molar-refractivity contribution in [1.82, 2.24) is 0 Å². The van der Waals surface area contributed by atoms with Crippen LogP contribution in [0.1, 0.15) is 12.5 Å². The van der Waals surface area contributed by atoms with E-state index >= 15 is 0 Å². The van der Waals surface area contributed by atoms with Gasteiger partial charge in [0.25, 0.3) is 10.0 Å². The molecule has 0 saturated heterocycles. The highest BCUT2D eigenvalue weighted by Crippen LogP contribution is 2.26. The lowest BCUT2D eigenvalue weighted by Gasteiger charge is -2.16. The average Bonchev–Trinajstić information content (AvgIpc) is 2.73. The number of hydrogen-bond donors (Lipinski definition) is 3. The normalized spacial score (nSPS) is 11.0. The predicted octanol–water partition coefficient (Wildman–Crippen LogP) is 5.28. The summed E-state index contributed by atoms with van der Waals surface area (Å²) < 4.78 is 61.0. The van der Waals surface area contributed by atoms with E-state index in [0.29, 0.717) is 29.7 Å². The van der Waals surface area contributed by atoms with Crippen LogP contribution in [0, 0.1) is 18.6 Å². The van der Waals surface area contributed by atoms with Gasteiger partial charge in [0, 0.05) is 11.8 Å². The zero-order chi connectivity index (χ0) is 23.3. The molecular formula is C22H21F2N3O3S2. The van der Waals surface area contributed by atoms with E-state index in [9.17, 15) is 17.2 Å². The third-order valence-electron chi connectivity index (χ3n) is 4.27. The molecule has 6 nitrogen and oxygen atoms in total. The van der Waals surface area contributed by atoms with Gasteiger partial charge < -0.3 is 15.4 Å². The molecule has 0 amide bonds. The van der Waals surface area contributed by atoms with Crippen LogP contribution < -0.4 is 20.1 Å². The van der Waals surface area contributed by atoms with Crippen LogP contribution in [0.4, 0.5) is 25.8 Å². The quantitative estimate of drug-likeness (QED) is 0.402. The molecule has 0 saturated carbocycles. The summed E-state index contributed by atoms with van der Waals surface area (Å²) in [5.41, 5.74) is 1.21. The first-order valence-corrected chi connectivity index (χ1v) is 11.5. The van der Waals surface area contributed by atoms with Gasteiger partial charge in [-0.2, -0.15) is 0 Å². The molecule has 0 unspecified atom stereocenters. The molecular weight excluding hydrogens is 456 g/mol. The fourth-order valence-corrected chi connectivity index (χ4v) is 4.34. The zero-order valence-electron chi connectivity index (χ0n) is 17.3. The highest BCUT2D eigenvalue weighted by atomic mass is 32.2. The molecule has 0 heterocycles. The van der Waals surface area contributed by atoms with E-state index in [4.69, 9.17) is 17.0 Å². The number of rotatable bonds is 7. The van der Waals surface area contributed by atoms with Crippen molar-refractivity contribution >= 4 is 44.4 Å². The Bertz CT molecular complexity index is 1230.